The highest BCUT2D eigenvalue weighted by molar-refractivity contribution is 6.06. The fourth-order valence-corrected chi connectivity index (χ4v) is 1.72. The molecule has 76 valence electrons. The number of carbonyl (C=O) groups is 1. The molecule has 2 N–H and O–H groups in total. The molecule has 1 heterocycles. The zero-order valence-electron chi connectivity index (χ0n) is 8.53. The number of nitrogens with zero attached hydrogens (tertiary/aromatic N) is 1. The van der Waals surface area contributed by atoms with Gasteiger partial charge in [0.05, 0.1) is 0 Å². The highest BCUT2D eigenvalue weighted by Crippen LogP contribution is 2.22. The van der Waals surface area contributed by atoms with Crippen LogP contribution in [-0.4, -0.2) is 10.5 Å². The average Bonchev–Trinajstić information content (AvgIpc) is 2.59. The Balaban J connectivity index is 2.88. The number of primary amides is 1. The number of amides is 1. The van der Waals surface area contributed by atoms with Crippen molar-refractivity contribution in [2.24, 2.45) is 12.8 Å². The lowest BCUT2D eigenvalue weighted by Crippen LogP contribution is -2.11. The van der Waals surface area contributed by atoms with Crippen LogP contribution in [0, 0.1) is 0 Å². The van der Waals surface area contributed by atoms with Crippen LogP contribution in [0.25, 0.3) is 17.0 Å². The zero-order valence-corrected chi connectivity index (χ0v) is 8.53. The summed E-state index contributed by atoms with van der Waals surface area (Å²) in [6.07, 6.45) is 3.61. The number of fused-ring (bicyclic) bond motifs is 1. The van der Waals surface area contributed by atoms with Crippen LogP contribution >= 0.6 is 0 Å². The number of hydrogen-bond donors (Lipinski definition) is 1. The molecular formula is C12H12N2O. The Hall–Kier alpha value is -2.03. The van der Waals surface area contributed by atoms with Crippen LogP contribution < -0.4 is 5.73 Å². The minimum atomic E-state index is -0.407. The van der Waals surface area contributed by atoms with Crippen LogP contribution in [0.3, 0.4) is 0 Å². The van der Waals surface area contributed by atoms with E-state index in [1.165, 1.54) is 0 Å². The first-order chi connectivity index (χ1) is 7.13. The minimum Gasteiger partial charge on any atom is -0.366 e. The first-order valence-corrected chi connectivity index (χ1v) is 4.65. The zero-order chi connectivity index (χ0) is 11.0. The third-order valence-corrected chi connectivity index (χ3v) is 2.53. The van der Waals surface area contributed by atoms with Crippen molar-refractivity contribution < 1.29 is 4.79 Å². The average molecular weight is 200 g/mol. The van der Waals surface area contributed by atoms with Gasteiger partial charge in [-0.25, -0.2) is 0 Å². The summed E-state index contributed by atoms with van der Waals surface area (Å²) in [6, 6.07) is 5.63. The van der Waals surface area contributed by atoms with E-state index in [0.717, 1.165) is 16.5 Å². The molecule has 0 fully saturated rings. The Bertz CT molecular complexity index is 552. The Labute approximate surface area is 87.8 Å². The van der Waals surface area contributed by atoms with E-state index in [1.54, 1.807) is 12.1 Å². The second-order valence-electron chi connectivity index (χ2n) is 3.50. The predicted octanol–water partition coefficient (Wildman–Crippen LogP) is 1.92. The molecule has 0 saturated heterocycles. The molecule has 1 aromatic heterocycles. The summed E-state index contributed by atoms with van der Waals surface area (Å²) in [4.78, 5) is 11.3. The lowest BCUT2D eigenvalue weighted by molar-refractivity contribution is 0.100. The van der Waals surface area contributed by atoms with Gasteiger partial charge in [-0.05, 0) is 23.8 Å². The quantitative estimate of drug-likeness (QED) is 0.791. The van der Waals surface area contributed by atoms with E-state index in [0.29, 0.717) is 5.56 Å². The molecule has 1 aromatic carbocycles. The van der Waals surface area contributed by atoms with Crippen LogP contribution in [0.4, 0.5) is 0 Å². The summed E-state index contributed by atoms with van der Waals surface area (Å²) in [5, 5.41) is 0.885. The number of aromatic nitrogens is 1. The Morgan fingerprint density at radius 1 is 1.53 bits per heavy atom. The van der Waals surface area contributed by atoms with Gasteiger partial charge in [-0.3, -0.25) is 4.79 Å². The number of carbonyl (C=O) groups excluding carboxylic acids is 1. The normalized spacial score (nSPS) is 10.5. The van der Waals surface area contributed by atoms with Crippen molar-refractivity contribution in [1.82, 2.24) is 4.57 Å². The molecule has 1 amide bonds. The number of benzene rings is 1. The predicted molar refractivity (Wildman–Crippen MR) is 61.5 cm³/mol. The fourth-order valence-electron chi connectivity index (χ4n) is 1.72. The number of nitrogens with two attached hydrogens (primary N) is 1. The molecule has 0 atom stereocenters. The van der Waals surface area contributed by atoms with Gasteiger partial charge < -0.3 is 10.3 Å². The summed E-state index contributed by atoms with van der Waals surface area (Å²) in [6.45, 7) is 3.69. The summed E-state index contributed by atoms with van der Waals surface area (Å²) in [5.74, 6) is -0.407. The lowest BCUT2D eigenvalue weighted by atomic mass is 10.1. The van der Waals surface area contributed by atoms with Crippen LogP contribution in [0.1, 0.15) is 15.9 Å². The number of aryl methyl sites for hydroxylation is 1. The maximum Gasteiger partial charge on any atom is 0.249 e. The maximum atomic E-state index is 11.3. The molecule has 0 radical (unpaired) electrons. The Morgan fingerprint density at radius 2 is 2.27 bits per heavy atom. The minimum absolute atomic E-state index is 0.407. The monoisotopic (exact) mass is 200 g/mol. The second kappa shape index (κ2) is 3.28. The molecule has 2 rings (SSSR count). The van der Waals surface area contributed by atoms with E-state index >= 15 is 0 Å². The molecule has 3 heteroatoms. The van der Waals surface area contributed by atoms with Gasteiger partial charge in [-0.2, -0.15) is 0 Å². The van der Waals surface area contributed by atoms with E-state index in [1.807, 2.05) is 29.9 Å². The lowest BCUT2D eigenvalue weighted by Gasteiger charge is -2.03. The standard InChI is InChI=1S/C12H12N2O/c1-3-8-6-10(12(13)15)9-4-5-14(2)11(9)7-8/h3-7H,1H2,2H3,(H2,13,15). The molecule has 0 saturated carbocycles. The van der Waals surface area contributed by atoms with E-state index in [2.05, 4.69) is 6.58 Å². The van der Waals surface area contributed by atoms with E-state index in [4.69, 9.17) is 5.73 Å². The molecule has 0 unspecified atom stereocenters. The SMILES string of the molecule is C=Cc1cc(C(N)=O)c2ccn(C)c2c1. The van der Waals surface area contributed by atoms with Crippen LogP contribution in [0.2, 0.25) is 0 Å². The van der Waals surface area contributed by atoms with E-state index in [-0.39, 0.29) is 0 Å². The van der Waals surface area contributed by atoms with Gasteiger partial charge in [0.15, 0.2) is 0 Å². The third kappa shape index (κ3) is 1.42. The van der Waals surface area contributed by atoms with Crippen molar-refractivity contribution in [2.45, 2.75) is 0 Å². The summed E-state index contributed by atoms with van der Waals surface area (Å²) in [5.41, 5.74) is 7.76. The molecule has 0 aliphatic heterocycles. The number of hydrogen-bond acceptors (Lipinski definition) is 1. The molecule has 0 aliphatic rings. The van der Waals surface area contributed by atoms with Crippen molar-refractivity contribution in [3.63, 3.8) is 0 Å². The van der Waals surface area contributed by atoms with Crippen molar-refractivity contribution in [3.05, 3.63) is 42.1 Å². The van der Waals surface area contributed by atoms with Crippen molar-refractivity contribution in [1.29, 1.82) is 0 Å². The summed E-state index contributed by atoms with van der Waals surface area (Å²) >= 11 is 0. The van der Waals surface area contributed by atoms with Crippen molar-refractivity contribution in [3.8, 4) is 0 Å². The maximum absolute atomic E-state index is 11.3. The number of rotatable bonds is 2. The van der Waals surface area contributed by atoms with Gasteiger partial charge in [0, 0.05) is 29.7 Å². The molecule has 3 nitrogen and oxygen atoms in total. The van der Waals surface area contributed by atoms with Gasteiger partial charge in [0.25, 0.3) is 0 Å². The molecular weight excluding hydrogens is 188 g/mol. The van der Waals surface area contributed by atoms with Crippen LogP contribution in [-0.2, 0) is 7.05 Å². The molecule has 0 bridgehead atoms. The molecule has 15 heavy (non-hydrogen) atoms. The fraction of sp³-hybridized carbons (Fsp3) is 0.0833. The highest BCUT2D eigenvalue weighted by Gasteiger charge is 2.09. The largest absolute Gasteiger partial charge is 0.366 e. The van der Waals surface area contributed by atoms with Gasteiger partial charge in [0.2, 0.25) is 5.91 Å². The van der Waals surface area contributed by atoms with Gasteiger partial charge in [-0.15, -0.1) is 0 Å². The van der Waals surface area contributed by atoms with Crippen molar-refractivity contribution >= 4 is 22.9 Å². The van der Waals surface area contributed by atoms with E-state index in [9.17, 15) is 4.79 Å². The summed E-state index contributed by atoms with van der Waals surface area (Å²) in [7, 11) is 1.93. The molecule has 2 aromatic rings. The summed E-state index contributed by atoms with van der Waals surface area (Å²) < 4.78 is 1.95. The van der Waals surface area contributed by atoms with Gasteiger partial charge >= 0.3 is 0 Å². The topological polar surface area (TPSA) is 48.0 Å². The van der Waals surface area contributed by atoms with Crippen molar-refractivity contribution in [2.75, 3.05) is 0 Å². The Kier molecular flexibility index (Phi) is 2.08. The van der Waals surface area contributed by atoms with Crippen LogP contribution in [0.5, 0.6) is 0 Å². The van der Waals surface area contributed by atoms with Crippen LogP contribution in [0.15, 0.2) is 31.0 Å². The van der Waals surface area contributed by atoms with E-state index < -0.39 is 5.91 Å². The van der Waals surface area contributed by atoms with Gasteiger partial charge in [-0.1, -0.05) is 12.7 Å². The first-order valence-electron chi connectivity index (χ1n) is 4.65. The third-order valence-electron chi connectivity index (χ3n) is 2.53. The first kappa shape index (κ1) is 9.52. The highest BCUT2D eigenvalue weighted by atomic mass is 16.1. The second-order valence-corrected chi connectivity index (χ2v) is 3.50. The Morgan fingerprint density at radius 3 is 2.87 bits per heavy atom. The van der Waals surface area contributed by atoms with Gasteiger partial charge in [0.1, 0.15) is 0 Å². The molecule has 0 spiro atoms. The molecule has 0 aliphatic carbocycles. The smallest absolute Gasteiger partial charge is 0.249 e.